The average Bonchev–Trinajstić information content (AvgIpc) is 2.48. The highest BCUT2D eigenvalue weighted by atomic mass is 32.2. The van der Waals surface area contributed by atoms with Crippen molar-refractivity contribution in [3.05, 3.63) is 59.9 Å². The fourth-order valence-corrected chi connectivity index (χ4v) is 2.13. The number of aromatic nitrogens is 1. The number of hydrogen-bond donors (Lipinski definition) is 1. The third kappa shape index (κ3) is 4.85. The molecule has 1 heterocycles. The fraction of sp³-hybridized carbons (Fsp3) is 0.133. The lowest BCUT2D eigenvalue weighted by Crippen LogP contribution is -2.19. The van der Waals surface area contributed by atoms with Crippen molar-refractivity contribution in [3.8, 4) is 0 Å². The van der Waals surface area contributed by atoms with Crippen molar-refractivity contribution < 1.29 is 4.79 Å². The summed E-state index contributed by atoms with van der Waals surface area (Å²) in [7, 11) is 0. The maximum atomic E-state index is 11.6. The van der Waals surface area contributed by atoms with Crippen LogP contribution in [0.2, 0.25) is 0 Å². The molecule has 0 radical (unpaired) electrons. The van der Waals surface area contributed by atoms with Gasteiger partial charge in [-0.05, 0) is 31.2 Å². The zero-order chi connectivity index (χ0) is 14.2. The molecule has 1 aromatic carbocycles. The van der Waals surface area contributed by atoms with E-state index in [0.717, 1.165) is 4.90 Å². The highest BCUT2D eigenvalue weighted by molar-refractivity contribution is 8.00. The fourth-order valence-electron chi connectivity index (χ4n) is 1.44. The Kier molecular flexibility index (Phi) is 5.32. The molecule has 102 valence electrons. The number of hydrazone groups is 1. The van der Waals surface area contributed by atoms with Gasteiger partial charge in [0, 0.05) is 11.1 Å². The number of nitrogens with zero attached hydrogens (tertiary/aromatic N) is 2. The molecule has 2 aromatic rings. The summed E-state index contributed by atoms with van der Waals surface area (Å²) in [6.07, 6.45) is 3.20. The maximum Gasteiger partial charge on any atom is 0.250 e. The number of thioether (sulfide) groups is 1. The molecule has 0 saturated heterocycles. The van der Waals surface area contributed by atoms with Crippen molar-refractivity contribution in [2.24, 2.45) is 5.10 Å². The van der Waals surface area contributed by atoms with E-state index < -0.39 is 0 Å². The van der Waals surface area contributed by atoms with Crippen LogP contribution in [0.25, 0.3) is 0 Å². The van der Waals surface area contributed by atoms with E-state index in [2.05, 4.69) is 15.5 Å². The first-order valence-electron chi connectivity index (χ1n) is 6.16. The monoisotopic (exact) mass is 285 g/mol. The molecule has 4 nitrogen and oxygen atoms in total. The predicted octanol–water partition coefficient (Wildman–Crippen LogP) is 2.63. The molecule has 0 bridgehead atoms. The van der Waals surface area contributed by atoms with Crippen LogP contribution in [-0.2, 0) is 4.79 Å². The largest absolute Gasteiger partial charge is 0.272 e. The van der Waals surface area contributed by atoms with Crippen LogP contribution in [0.5, 0.6) is 0 Å². The van der Waals surface area contributed by atoms with Crippen LogP contribution in [0.4, 0.5) is 0 Å². The van der Waals surface area contributed by atoms with Crippen molar-refractivity contribution in [2.45, 2.75) is 11.8 Å². The first kappa shape index (κ1) is 14.3. The molecule has 0 aliphatic carbocycles. The van der Waals surface area contributed by atoms with Gasteiger partial charge < -0.3 is 0 Å². The molecule has 0 fully saturated rings. The van der Waals surface area contributed by atoms with Gasteiger partial charge in [0.15, 0.2) is 0 Å². The van der Waals surface area contributed by atoms with Gasteiger partial charge in [-0.2, -0.15) is 5.10 Å². The van der Waals surface area contributed by atoms with Gasteiger partial charge in [-0.25, -0.2) is 5.43 Å². The lowest BCUT2D eigenvalue weighted by Gasteiger charge is -2.01. The Morgan fingerprint density at radius 2 is 2.10 bits per heavy atom. The summed E-state index contributed by atoms with van der Waals surface area (Å²) >= 11 is 1.48. The summed E-state index contributed by atoms with van der Waals surface area (Å²) < 4.78 is 0. The number of pyridine rings is 1. The number of carbonyl (C=O) groups is 1. The van der Waals surface area contributed by atoms with Gasteiger partial charge in [-0.15, -0.1) is 11.8 Å². The van der Waals surface area contributed by atoms with E-state index in [1.807, 2.05) is 49.4 Å². The number of hydrogen-bond acceptors (Lipinski definition) is 4. The summed E-state index contributed by atoms with van der Waals surface area (Å²) in [5, 5.41) is 3.87. The molecule has 1 aromatic heterocycles. The SMILES string of the molecule is Cc1ccc(SCC(=O)N/N=C/c2ccccn2)cc1. The van der Waals surface area contributed by atoms with Crippen LogP contribution < -0.4 is 5.43 Å². The molecule has 2 rings (SSSR count). The number of nitrogens with one attached hydrogen (secondary N) is 1. The number of amides is 1. The quantitative estimate of drug-likeness (QED) is 0.522. The molecular weight excluding hydrogens is 270 g/mol. The standard InChI is InChI=1S/C15H15N3OS/c1-12-5-7-14(8-6-12)20-11-15(19)18-17-10-13-4-2-3-9-16-13/h2-10H,11H2,1H3,(H,18,19)/b17-10+. The summed E-state index contributed by atoms with van der Waals surface area (Å²) in [4.78, 5) is 16.7. The first-order valence-corrected chi connectivity index (χ1v) is 7.15. The van der Waals surface area contributed by atoms with Crippen LogP contribution in [0.1, 0.15) is 11.3 Å². The Bertz CT molecular complexity index is 582. The highest BCUT2D eigenvalue weighted by Gasteiger charge is 2.01. The van der Waals surface area contributed by atoms with E-state index in [1.165, 1.54) is 23.5 Å². The number of rotatable bonds is 5. The van der Waals surface area contributed by atoms with E-state index in [1.54, 1.807) is 6.20 Å². The lowest BCUT2D eigenvalue weighted by molar-refractivity contribution is -0.118. The van der Waals surface area contributed by atoms with Crippen LogP contribution >= 0.6 is 11.8 Å². The maximum absolute atomic E-state index is 11.6. The Morgan fingerprint density at radius 1 is 1.30 bits per heavy atom. The van der Waals surface area contributed by atoms with Gasteiger partial charge in [-0.3, -0.25) is 9.78 Å². The topological polar surface area (TPSA) is 54.4 Å². The van der Waals surface area contributed by atoms with Crippen molar-refractivity contribution in [3.63, 3.8) is 0 Å². The van der Waals surface area contributed by atoms with Gasteiger partial charge in [0.05, 0.1) is 17.7 Å². The minimum absolute atomic E-state index is 0.136. The second kappa shape index (κ2) is 7.45. The zero-order valence-electron chi connectivity index (χ0n) is 11.1. The Labute approximate surface area is 122 Å². The Hall–Kier alpha value is -2.14. The smallest absolute Gasteiger partial charge is 0.250 e. The van der Waals surface area contributed by atoms with E-state index >= 15 is 0 Å². The molecule has 0 saturated carbocycles. The summed E-state index contributed by atoms with van der Waals surface area (Å²) in [5.74, 6) is 0.200. The number of benzene rings is 1. The summed E-state index contributed by atoms with van der Waals surface area (Å²) in [6, 6.07) is 13.6. The molecular formula is C15H15N3OS. The third-order valence-electron chi connectivity index (χ3n) is 2.46. The van der Waals surface area contributed by atoms with Gasteiger partial charge in [-0.1, -0.05) is 23.8 Å². The zero-order valence-corrected chi connectivity index (χ0v) is 11.9. The number of carbonyl (C=O) groups excluding carboxylic acids is 1. The lowest BCUT2D eigenvalue weighted by atomic mass is 10.2. The highest BCUT2D eigenvalue weighted by Crippen LogP contribution is 2.17. The molecule has 0 atom stereocenters. The van der Waals surface area contributed by atoms with Crippen LogP contribution in [0.15, 0.2) is 58.7 Å². The van der Waals surface area contributed by atoms with Crippen LogP contribution in [0, 0.1) is 6.92 Å². The molecule has 0 aliphatic rings. The minimum atomic E-state index is -0.136. The first-order chi connectivity index (χ1) is 9.74. The molecule has 1 amide bonds. The number of aryl methyl sites for hydroxylation is 1. The van der Waals surface area contributed by atoms with Gasteiger partial charge >= 0.3 is 0 Å². The Morgan fingerprint density at radius 3 is 2.80 bits per heavy atom. The van der Waals surface area contributed by atoms with E-state index in [9.17, 15) is 4.79 Å². The minimum Gasteiger partial charge on any atom is -0.272 e. The Balaban J connectivity index is 1.76. The summed E-state index contributed by atoms with van der Waals surface area (Å²) in [5.41, 5.74) is 4.40. The van der Waals surface area contributed by atoms with Crippen molar-refractivity contribution >= 4 is 23.9 Å². The van der Waals surface area contributed by atoms with Crippen LogP contribution in [0.3, 0.4) is 0 Å². The molecule has 0 unspecified atom stereocenters. The average molecular weight is 285 g/mol. The molecule has 20 heavy (non-hydrogen) atoms. The van der Waals surface area contributed by atoms with E-state index in [0.29, 0.717) is 11.4 Å². The van der Waals surface area contributed by atoms with Crippen molar-refractivity contribution in [2.75, 3.05) is 5.75 Å². The normalized spacial score (nSPS) is 10.7. The van der Waals surface area contributed by atoms with Gasteiger partial charge in [0.25, 0.3) is 0 Å². The van der Waals surface area contributed by atoms with Crippen LogP contribution in [-0.4, -0.2) is 22.9 Å². The molecule has 0 spiro atoms. The molecule has 0 aliphatic heterocycles. The van der Waals surface area contributed by atoms with E-state index in [-0.39, 0.29) is 5.91 Å². The second-order valence-electron chi connectivity index (χ2n) is 4.15. The van der Waals surface area contributed by atoms with E-state index in [4.69, 9.17) is 0 Å². The summed E-state index contributed by atoms with van der Waals surface area (Å²) in [6.45, 7) is 2.04. The predicted molar refractivity (Wildman–Crippen MR) is 81.9 cm³/mol. The molecule has 1 N–H and O–H groups in total. The second-order valence-corrected chi connectivity index (χ2v) is 5.20. The third-order valence-corrected chi connectivity index (χ3v) is 3.48. The van der Waals surface area contributed by atoms with Crippen molar-refractivity contribution in [1.82, 2.24) is 10.4 Å². The van der Waals surface area contributed by atoms with Crippen molar-refractivity contribution in [1.29, 1.82) is 0 Å². The molecule has 5 heteroatoms. The van der Waals surface area contributed by atoms with Gasteiger partial charge in [0.1, 0.15) is 0 Å². The van der Waals surface area contributed by atoms with Gasteiger partial charge in [0.2, 0.25) is 5.91 Å².